The Balaban J connectivity index is 1.44. The van der Waals surface area contributed by atoms with E-state index in [4.69, 9.17) is 4.74 Å². The van der Waals surface area contributed by atoms with Gasteiger partial charge in [0.25, 0.3) is 0 Å². The van der Waals surface area contributed by atoms with Gasteiger partial charge in [-0.3, -0.25) is 4.79 Å². The summed E-state index contributed by atoms with van der Waals surface area (Å²) >= 11 is 1.48. The number of esters is 1. The Morgan fingerprint density at radius 2 is 2.00 bits per heavy atom. The number of aryl methyl sites for hydroxylation is 1. The molecule has 6 nitrogen and oxygen atoms in total. The fourth-order valence-corrected chi connectivity index (χ4v) is 6.11. The molecule has 1 aromatic carbocycles. The van der Waals surface area contributed by atoms with Crippen LogP contribution < -0.4 is 5.32 Å². The molecule has 34 heavy (non-hydrogen) atoms. The monoisotopic (exact) mass is 488 g/mol. The molecule has 178 valence electrons. The van der Waals surface area contributed by atoms with E-state index in [1.165, 1.54) is 11.3 Å². The zero-order valence-corrected chi connectivity index (χ0v) is 19.7. The van der Waals surface area contributed by atoms with Gasteiger partial charge in [-0.25, -0.2) is 15.0 Å². The first kappa shape index (κ1) is 22.8. The fourth-order valence-electron chi connectivity index (χ4n) is 5.05. The summed E-state index contributed by atoms with van der Waals surface area (Å²) in [4.78, 5) is 25.5. The van der Waals surface area contributed by atoms with Gasteiger partial charge >= 0.3 is 12.1 Å². The largest absolute Gasteiger partial charge is 0.451 e. The second kappa shape index (κ2) is 7.76. The van der Waals surface area contributed by atoms with Crippen LogP contribution in [0.1, 0.15) is 49.4 Å². The third kappa shape index (κ3) is 4.04. The second-order valence-corrected chi connectivity index (χ2v) is 10.7. The molecule has 2 unspecified atom stereocenters. The third-order valence-electron chi connectivity index (χ3n) is 6.56. The number of anilines is 2. The van der Waals surface area contributed by atoms with Crippen LogP contribution >= 0.6 is 11.3 Å². The number of halogens is 3. The summed E-state index contributed by atoms with van der Waals surface area (Å²) in [5.74, 6) is -0.358. The number of ether oxygens (including phenoxy) is 1. The molecular formula is C24H23F3N4O2S. The van der Waals surface area contributed by atoms with Crippen LogP contribution in [0.2, 0.25) is 0 Å². The molecule has 3 fully saturated rings. The first-order valence-corrected chi connectivity index (χ1v) is 11.8. The van der Waals surface area contributed by atoms with Crippen LogP contribution in [0.5, 0.6) is 0 Å². The summed E-state index contributed by atoms with van der Waals surface area (Å²) in [6.45, 7) is 6.11. The van der Waals surface area contributed by atoms with Crippen LogP contribution in [0.15, 0.2) is 36.7 Å². The molecule has 6 rings (SSSR count). The van der Waals surface area contributed by atoms with E-state index in [2.05, 4.69) is 34.1 Å². The summed E-state index contributed by atoms with van der Waals surface area (Å²) in [6, 6.07) is 6.43. The lowest BCUT2D eigenvalue weighted by Crippen LogP contribution is -2.54. The highest BCUT2D eigenvalue weighted by Gasteiger charge is 2.58. The topological polar surface area (TPSA) is 77.0 Å². The maximum absolute atomic E-state index is 13.0. The van der Waals surface area contributed by atoms with Crippen molar-refractivity contribution in [3.8, 4) is 10.4 Å². The van der Waals surface area contributed by atoms with Crippen molar-refractivity contribution in [2.45, 2.75) is 51.8 Å². The first-order valence-electron chi connectivity index (χ1n) is 10.9. The lowest BCUT2D eigenvalue weighted by Gasteiger charge is -2.52. The summed E-state index contributed by atoms with van der Waals surface area (Å²) < 4.78 is 44.9. The SMILES string of the molecule is Cc1cc(Nc2nccc(C(F)(F)F)n2)cc(-c2cnc(C34CCC(C(=O)O3)C(C)(C)C4)s2)c1. The average Bonchev–Trinajstić information content (AvgIpc) is 3.23. The van der Waals surface area contributed by atoms with Crippen molar-refractivity contribution in [1.29, 1.82) is 0 Å². The van der Waals surface area contributed by atoms with Crippen molar-refractivity contribution >= 4 is 28.9 Å². The maximum Gasteiger partial charge on any atom is 0.433 e. The summed E-state index contributed by atoms with van der Waals surface area (Å²) in [7, 11) is 0. The third-order valence-corrected chi connectivity index (χ3v) is 7.79. The van der Waals surface area contributed by atoms with E-state index in [0.29, 0.717) is 5.69 Å². The van der Waals surface area contributed by atoms with E-state index >= 15 is 0 Å². The Morgan fingerprint density at radius 3 is 2.71 bits per heavy atom. The van der Waals surface area contributed by atoms with Crippen LogP contribution in [-0.2, 0) is 21.3 Å². The minimum absolute atomic E-state index is 0.0720. The Hall–Kier alpha value is -3.01. The molecule has 2 bridgehead atoms. The molecule has 3 aromatic rings. The van der Waals surface area contributed by atoms with Gasteiger partial charge in [0.1, 0.15) is 10.7 Å². The lowest BCUT2D eigenvalue weighted by molar-refractivity contribution is -0.209. The number of nitrogens with zero attached hydrogens (tertiary/aromatic N) is 3. The van der Waals surface area contributed by atoms with Gasteiger partial charge in [-0.05, 0) is 60.9 Å². The average molecular weight is 489 g/mol. The van der Waals surface area contributed by atoms with Gasteiger partial charge in [-0.15, -0.1) is 11.3 Å². The van der Waals surface area contributed by atoms with E-state index in [0.717, 1.165) is 52.5 Å². The van der Waals surface area contributed by atoms with Gasteiger partial charge in [-0.1, -0.05) is 19.9 Å². The number of fused-ring (bicyclic) bond motifs is 3. The molecule has 2 saturated heterocycles. The van der Waals surface area contributed by atoms with Crippen LogP contribution in [0.25, 0.3) is 10.4 Å². The van der Waals surface area contributed by atoms with Crippen molar-refractivity contribution in [2.24, 2.45) is 11.3 Å². The minimum Gasteiger partial charge on any atom is -0.451 e. The standard InChI is InChI=1S/C24H23F3N4O2S/c1-13-8-14(10-15(9-13)30-21-28-7-5-18(31-21)24(25,26)27)17-11-29-20(34-17)23-6-4-16(19(32)33-23)22(2,3)12-23/h5,7-11,16H,4,6,12H2,1-3H3,(H,28,30,31). The zero-order chi connectivity index (χ0) is 24.3. The molecule has 2 aliphatic heterocycles. The number of benzene rings is 1. The van der Waals surface area contributed by atoms with Crippen LogP contribution in [-0.4, -0.2) is 20.9 Å². The molecule has 0 amide bonds. The number of hydrogen-bond donors (Lipinski definition) is 1. The molecule has 1 saturated carbocycles. The highest BCUT2D eigenvalue weighted by molar-refractivity contribution is 7.15. The Kier molecular flexibility index (Phi) is 5.20. The van der Waals surface area contributed by atoms with E-state index in [1.54, 1.807) is 12.3 Å². The highest BCUT2D eigenvalue weighted by Crippen LogP contribution is 2.57. The van der Waals surface area contributed by atoms with Crippen molar-refractivity contribution in [2.75, 3.05) is 5.32 Å². The molecule has 0 radical (unpaired) electrons. The molecule has 1 N–H and O–H groups in total. The first-order chi connectivity index (χ1) is 16.0. The van der Waals surface area contributed by atoms with Gasteiger partial charge < -0.3 is 10.1 Å². The molecule has 1 aliphatic carbocycles. The van der Waals surface area contributed by atoms with Crippen molar-refractivity contribution in [3.63, 3.8) is 0 Å². The number of carbonyl (C=O) groups is 1. The van der Waals surface area contributed by atoms with Gasteiger partial charge in [0.05, 0.1) is 10.8 Å². The number of rotatable bonds is 4. The van der Waals surface area contributed by atoms with Crippen molar-refractivity contribution < 1.29 is 22.7 Å². The number of carbonyl (C=O) groups excluding carboxylic acids is 1. The van der Waals surface area contributed by atoms with Crippen molar-refractivity contribution in [3.05, 3.63) is 52.9 Å². The number of alkyl halides is 3. The maximum atomic E-state index is 13.0. The predicted molar refractivity (Wildman–Crippen MR) is 121 cm³/mol. The highest BCUT2D eigenvalue weighted by atomic mass is 32.1. The predicted octanol–water partition coefficient (Wildman–Crippen LogP) is 6.25. The normalized spacial score (nSPS) is 23.6. The second-order valence-electron chi connectivity index (χ2n) is 9.68. The number of aromatic nitrogens is 3. The molecule has 2 aromatic heterocycles. The molecule has 10 heteroatoms. The Morgan fingerprint density at radius 1 is 1.21 bits per heavy atom. The van der Waals surface area contributed by atoms with Gasteiger partial charge in [0.15, 0.2) is 5.60 Å². The van der Waals surface area contributed by atoms with Crippen LogP contribution in [0.4, 0.5) is 24.8 Å². The van der Waals surface area contributed by atoms with E-state index in [9.17, 15) is 18.0 Å². The molecule has 3 aliphatic rings. The Bertz CT molecular complexity index is 1270. The quantitative estimate of drug-likeness (QED) is 0.438. The lowest BCUT2D eigenvalue weighted by atomic mass is 9.61. The molecule has 0 spiro atoms. The Labute approximate surface area is 198 Å². The van der Waals surface area contributed by atoms with Crippen molar-refractivity contribution in [1.82, 2.24) is 15.0 Å². The van der Waals surface area contributed by atoms with E-state index < -0.39 is 17.5 Å². The zero-order valence-electron chi connectivity index (χ0n) is 18.9. The smallest absolute Gasteiger partial charge is 0.433 e. The van der Waals surface area contributed by atoms with Crippen LogP contribution in [0, 0.1) is 18.3 Å². The number of thiazole rings is 1. The van der Waals surface area contributed by atoms with Gasteiger partial charge in [0, 0.05) is 18.1 Å². The summed E-state index contributed by atoms with van der Waals surface area (Å²) in [6.07, 6.45) is 0.563. The summed E-state index contributed by atoms with van der Waals surface area (Å²) in [5, 5.41) is 3.65. The molecule has 4 heterocycles. The fraction of sp³-hybridized carbons (Fsp3) is 0.417. The molecule has 2 atom stereocenters. The van der Waals surface area contributed by atoms with Gasteiger partial charge in [0.2, 0.25) is 5.95 Å². The number of hydrogen-bond acceptors (Lipinski definition) is 7. The van der Waals surface area contributed by atoms with E-state index in [-0.39, 0.29) is 23.3 Å². The number of nitrogens with one attached hydrogen (secondary N) is 1. The van der Waals surface area contributed by atoms with Gasteiger partial charge in [-0.2, -0.15) is 13.2 Å². The molecular weight excluding hydrogens is 465 g/mol. The van der Waals surface area contributed by atoms with Crippen LogP contribution in [0.3, 0.4) is 0 Å². The summed E-state index contributed by atoms with van der Waals surface area (Å²) in [5.41, 5.74) is 0.465. The van der Waals surface area contributed by atoms with E-state index in [1.807, 2.05) is 19.1 Å². The minimum atomic E-state index is -4.55.